The number of hydrogen-bond acceptors (Lipinski definition) is 3. The normalized spacial score (nSPS) is 15.7. The molecule has 1 fully saturated rings. The molecule has 0 aromatic heterocycles. The number of nitrogens with zero attached hydrogens (tertiary/aromatic N) is 1. The number of methoxy groups -OCH3 is 1. The number of benzene rings is 1. The SMILES string of the molecule is COc1ccc(F)cc1N(C)CC1CNC1. The summed E-state index contributed by atoms with van der Waals surface area (Å²) in [5.41, 5.74) is 0.814. The van der Waals surface area contributed by atoms with Crippen LogP contribution < -0.4 is 15.0 Å². The molecule has 0 aliphatic carbocycles. The van der Waals surface area contributed by atoms with E-state index in [1.165, 1.54) is 12.1 Å². The minimum atomic E-state index is -0.227. The lowest BCUT2D eigenvalue weighted by molar-refractivity contribution is 0.351. The van der Waals surface area contributed by atoms with Gasteiger partial charge in [0.15, 0.2) is 0 Å². The van der Waals surface area contributed by atoms with Crippen LogP contribution in [-0.4, -0.2) is 33.8 Å². The summed E-state index contributed by atoms with van der Waals surface area (Å²) in [6.45, 7) is 3.01. The van der Waals surface area contributed by atoms with Gasteiger partial charge in [0.05, 0.1) is 12.8 Å². The predicted octanol–water partition coefficient (Wildman–Crippen LogP) is 1.49. The van der Waals surface area contributed by atoms with Gasteiger partial charge in [-0.15, -0.1) is 0 Å². The Balaban J connectivity index is 2.13. The maximum absolute atomic E-state index is 13.2. The van der Waals surface area contributed by atoms with Crippen molar-refractivity contribution in [1.82, 2.24) is 5.32 Å². The van der Waals surface area contributed by atoms with Crippen molar-refractivity contribution in [1.29, 1.82) is 0 Å². The topological polar surface area (TPSA) is 24.5 Å². The Bertz CT molecular complexity index is 366. The molecule has 0 unspecified atom stereocenters. The van der Waals surface area contributed by atoms with Gasteiger partial charge in [0.1, 0.15) is 11.6 Å². The van der Waals surface area contributed by atoms with E-state index in [-0.39, 0.29) is 5.82 Å². The van der Waals surface area contributed by atoms with Crippen LogP contribution in [0.25, 0.3) is 0 Å². The highest BCUT2D eigenvalue weighted by Gasteiger charge is 2.20. The third-order valence-corrected chi connectivity index (χ3v) is 2.95. The highest BCUT2D eigenvalue weighted by molar-refractivity contribution is 5.58. The first-order valence-corrected chi connectivity index (χ1v) is 5.46. The van der Waals surface area contributed by atoms with Crippen LogP contribution in [0.3, 0.4) is 0 Å². The highest BCUT2D eigenvalue weighted by atomic mass is 19.1. The number of anilines is 1. The number of halogens is 1. The molecule has 1 heterocycles. The highest BCUT2D eigenvalue weighted by Crippen LogP contribution is 2.28. The fourth-order valence-corrected chi connectivity index (χ4v) is 1.92. The molecule has 0 amide bonds. The molecule has 1 aromatic rings. The molecule has 1 saturated heterocycles. The van der Waals surface area contributed by atoms with Crippen molar-refractivity contribution in [2.45, 2.75) is 0 Å². The lowest BCUT2D eigenvalue weighted by Gasteiger charge is -2.32. The molecule has 0 spiro atoms. The van der Waals surface area contributed by atoms with Crippen molar-refractivity contribution < 1.29 is 9.13 Å². The van der Waals surface area contributed by atoms with Crippen molar-refractivity contribution >= 4 is 5.69 Å². The first kappa shape index (κ1) is 11.2. The van der Waals surface area contributed by atoms with Gasteiger partial charge >= 0.3 is 0 Å². The Kier molecular flexibility index (Phi) is 3.29. The second-order valence-corrected chi connectivity index (χ2v) is 4.22. The van der Waals surface area contributed by atoms with Gasteiger partial charge in [0.25, 0.3) is 0 Å². The van der Waals surface area contributed by atoms with Gasteiger partial charge in [-0.05, 0) is 12.1 Å². The third kappa shape index (κ3) is 2.27. The maximum atomic E-state index is 13.2. The van der Waals surface area contributed by atoms with Gasteiger partial charge in [-0.3, -0.25) is 0 Å². The van der Waals surface area contributed by atoms with Gasteiger partial charge < -0.3 is 15.0 Å². The van der Waals surface area contributed by atoms with Crippen LogP contribution in [0.4, 0.5) is 10.1 Å². The standard InChI is InChI=1S/C12H17FN2O/c1-15(8-9-6-14-7-9)11-5-10(13)3-4-12(11)16-2/h3-5,9,14H,6-8H2,1-2H3. The summed E-state index contributed by atoms with van der Waals surface area (Å²) in [5.74, 6) is 1.14. The van der Waals surface area contributed by atoms with Crippen molar-refractivity contribution in [3.8, 4) is 5.75 Å². The van der Waals surface area contributed by atoms with Crippen molar-refractivity contribution in [3.05, 3.63) is 24.0 Å². The van der Waals surface area contributed by atoms with E-state index in [4.69, 9.17) is 4.74 Å². The molecule has 1 aromatic carbocycles. The fraction of sp³-hybridized carbons (Fsp3) is 0.500. The summed E-state index contributed by atoms with van der Waals surface area (Å²) in [6, 6.07) is 4.60. The molecular formula is C12H17FN2O. The zero-order chi connectivity index (χ0) is 11.5. The van der Waals surface area contributed by atoms with E-state index < -0.39 is 0 Å². The molecule has 0 radical (unpaired) electrons. The Morgan fingerprint density at radius 3 is 2.81 bits per heavy atom. The molecule has 0 saturated carbocycles. The van der Waals surface area contributed by atoms with E-state index >= 15 is 0 Å². The lowest BCUT2D eigenvalue weighted by Crippen LogP contribution is -2.47. The van der Waals surface area contributed by atoms with Crippen LogP contribution in [0.15, 0.2) is 18.2 Å². The zero-order valence-electron chi connectivity index (χ0n) is 9.66. The van der Waals surface area contributed by atoms with Crippen molar-refractivity contribution in [3.63, 3.8) is 0 Å². The second kappa shape index (κ2) is 4.70. The molecule has 88 valence electrons. The van der Waals surface area contributed by atoms with E-state index in [0.29, 0.717) is 5.92 Å². The average Bonchev–Trinajstić information content (AvgIpc) is 2.23. The van der Waals surface area contributed by atoms with E-state index in [9.17, 15) is 4.39 Å². The summed E-state index contributed by atoms with van der Waals surface area (Å²) >= 11 is 0. The van der Waals surface area contributed by atoms with Crippen molar-refractivity contribution in [2.75, 3.05) is 38.7 Å². The van der Waals surface area contributed by atoms with E-state index in [0.717, 1.165) is 31.1 Å². The fourth-order valence-electron chi connectivity index (χ4n) is 1.92. The number of ether oxygens (including phenoxy) is 1. The Hall–Kier alpha value is -1.29. The van der Waals surface area contributed by atoms with Gasteiger partial charge in [-0.1, -0.05) is 0 Å². The Labute approximate surface area is 95.2 Å². The van der Waals surface area contributed by atoms with E-state index in [1.807, 2.05) is 11.9 Å². The van der Waals surface area contributed by atoms with Crippen LogP contribution in [0, 0.1) is 11.7 Å². The lowest BCUT2D eigenvalue weighted by atomic mass is 10.0. The summed E-state index contributed by atoms with van der Waals surface area (Å²) in [4.78, 5) is 2.05. The molecule has 0 bridgehead atoms. The third-order valence-electron chi connectivity index (χ3n) is 2.95. The van der Waals surface area contributed by atoms with Gasteiger partial charge in [-0.25, -0.2) is 4.39 Å². The summed E-state index contributed by atoms with van der Waals surface area (Å²) in [5, 5.41) is 3.23. The summed E-state index contributed by atoms with van der Waals surface area (Å²) in [6.07, 6.45) is 0. The molecule has 0 atom stereocenters. The quantitative estimate of drug-likeness (QED) is 0.838. The Morgan fingerprint density at radius 2 is 2.25 bits per heavy atom. The predicted molar refractivity (Wildman–Crippen MR) is 62.6 cm³/mol. The molecule has 2 rings (SSSR count). The maximum Gasteiger partial charge on any atom is 0.142 e. The van der Waals surface area contributed by atoms with E-state index in [1.54, 1.807) is 13.2 Å². The molecule has 16 heavy (non-hydrogen) atoms. The second-order valence-electron chi connectivity index (χ2n) is 4.22. The molecule has 1 N–H and O–H groups in total. The number of hydrogen-bond donors (Lipinski definition) is 1. The van der Waals surface area contributed by atoms with Gasteiger partial charge in [-0.2, -0.15) is 0 Å². The minimum Gasteiger partial charge on any atom is -0.495 e. The number of rotatable bonds is 4. The molecule has 1 aliphatic rings. The van der Waals surface area contributed by atoms with Crippen LogP contribution in [-0.2, 0) is 0 Å². The van der Waals surface area contributed by atoms with Crippen LogP contribution >= 0.6 is 0 Å². The smallest absolute Gasteiger partial charge is 0.142 e. The van der Waals surface area contributed by atoms with E-state index in [2.05, 4.69) is 5.32 Å². The van der Waals surface area contributed by atoms with Gasteiger partial charge in [0.2, 0.25) is 0 Å². The van der Waals surface area contributed by atoms with Gasteiger partial charge in [0, 0.05) is 38.7 Å². The van der Waals surface area contributed by atoms with Crippen LogP contribution in [0.5, 0.6) is 5.75 Å². The monoisotopic (exact) mass is 224 g/mol. The number of nitrogens with one attached hydrogen (secondary N) is 1. The first-order valence-electron chi connectivity index (χ1n) is 5.46. The molecule has 3 nitrogen and oxygen atoms in total. The molecule has 1 aliphatic heterocycles. The van der Waals surface area contributed by atoms with Crippen LogP contribution in [0.2, 0.25) is 0 Å². The van der Waals surface area contributed by atoms with Crippen molar-refractivity contribution in [2.24, 2.45) is 5.92 Å². The Morgan fingerprint density at radius 1 is 1.50 bits per heavy atom. The zero-order valence-corrected chi connectivity index (χ0v) is 9.66. The van der Waals surface area contributed by atoms with Crippen LogP contribution in [0.1, 0.15) is 0 Å². The first-order chi connectivity index (χ1) is 7.70. The molecule has 4 heteroatoms. The summed E-state index contributed by atoms with van der Waals surface area (Å²) in [7, 11) is 3.57. The summed E-state index contributed by atoms with van der Waals surface area (Å²) < 4.78 is 18.4. The average molecular weight is 224 g/mol. The largest absolute Gasteiger partial charge is 0.495 e. The minimum absolute atomic E-state index is 0.227. The molecular weight excluding hydrogens is 207 g/mol.